The Morgan fingerprint density at radius 3 is 2.24 bits per heavy atom. The van der Waals surface area contributed by atoms with E-state index >= 15 is 0 Å². The molecule has 2 fully saturated rings. The summed E-state index contributed by atoms with van der Waals surface area (Å²) in [5.41, 5.74) is 0.718. The Kier molecular flexibility index (Phi) is 4.71. The van der Waals surface area contributed by atoms with Gasteiger partial charge in [0.25, 0.3) is 0 Å². The van der Waals surface area contributed by atoms with E-state index in [0.29, 0.717) is 13.0 Å². The lowest BCUT2D eigenvalue weighted by atomic mass is 9.64. The molecule has 1 saturated carbocycles. The molecule has 1 heterocycles. The minimum atomic E-state index is -0.826. The number of hydrogen-bond acceptors (Lipinski definition) is 3. The first-order valence-electron chi connectivity index (χ1n) is 9.39. The molecule has 1 saturated heterocycles. The first kappa shape index (κ1) is 18.4. The van der Waals surface area contributed by atoms with Crippen molar-refractivity contribution in [1.82, 2.24) is 9.80 Å². The summed E-state index contributed by atoms with van der Waals surface area (Å²) >= 11 is 0. The highest BCUT2D eigenvalue weighted by molar-refractivity contribution is 5.79. The second-order valence-corrected chi connectivity index (χ2v) is 9.03. The average molecular weight is 344 g/mol. The van der Waals surface area contributed by atoms with Crippen molar-refractivity contribution in [2.45, 2.75) is 57.1 Å². The van der Waals surface area contributed by atoms with E-state index < -0.39 is 5.60 Å². The van der Waals surface area contributed by atoms with E-state index in [1.165, 1.54) is 5.56 Å². The molecule has 0 atom stereocenters. The Morgan fingerprint density at radius 2 is 1.72 bits per heavy atom. The van der Waals surface area contributed by atoms with Crippen molar-refractivity contribution < 1.29 is 9.90 Å². The smallest absolute Gasteiger partial charge is 0.223 e. The quantitative estimate of drug-likeness (QED) is 0.913. The molecular formula is C21H32N2O2. The van der Waals surface area contributed by atoms with Crippen molar-refractivity contribution in [1.29, 1.82) is 0 Å². The third-order valence-corrected chi connectivity index (χ3v) is 6.29. The van der Waals surface area contributed by atoms with Crippen LogP contribution in [-0.2, 0) is 10.3 Å². The van der Waals surface area contributed by atoms with Crippen LogP contribution in [0.3, 0.4) is 0 Å². The number of carbonyl (C=O) groups is 1. The van der Waals surface area contributed by atoms with Crippen LogP contribution < -0.4 is 0 Å². The van der Waals surface area contributed by atoms with E-state index in [2.05, 4.69) is 49.3 Å². The first-order valence-corrected chi connectivity index (χ1v) is 9.39. The summed E-state index contributed by atoms with van der Waals surface area (Å²) in [5, 5.41) is 10.1. The molecule has 3 rings (SSSR count). The minimum Gasteiger partial charge on any atom is -0.389 e. The predicted molar refractivity (Wildman–Crippen MR) is 100 cm³/mol. The lowest BCUT2D eigenvalue weighted by Gasteiger charge is -2.49. The van der Waals surface area contributed by atoms with Crippen molar-refractivity contribution in [3.05, 3.63) is 35.9 Å². The Labute approximate surface area is 151 Å². The van der Waals surface area contributed by atoms with Gasteiger partial charge in [-0.15, -0.1) is 0 Å². The number of β-amino-alcohol motifs (C(OH)–C–C–N with tert-alkyl or cyclic N) is 1. The van der Waals surface area contributed by atoms with E-state index in [1.807, 2.05) is 4.90 Å². The molecule has 0 aromatic heterocycles. The largest absolute Gasteiger partial charge is 0.389 e. The fourth-order valence-corrected chi connectivity index (χ4v) is 4.86. The number of likely N-dealkylation sites (tertiary alicyclic amines) is 1. The van der Waals surface area contributed by atoms with Gasteiger partial charge in [-0.2, -0.15) is 0 Å². The molecule has 138 valence electrons. The number of rotatable bonds is 4. The molecule has 2 aliphatic rings. The summed E-state index contributed by atoms with van der Waals surface area (Å²) in [6.45, 7) is 4.79. The van der Waals surface area contributed by atoms with Gasteiger partial charge in [0.1, 0.15) is 0 Å². The van der Waals surface area contributed by atoms with Crippen molar-refractivity contribution >= 4 is 5.91 Å². The predicted octanol–water partition coefficient (Wildman–Crippen LogP) is 3.01. The van der Waals surface area contributed by atoms with Gasteiger partial charge in [-0.25, -0.2) is 0 Å². The summed E-state index contributed by atoms with van der Waals surface area (Å²) in [5.74, 6) is 0.208. The van der Waals surface area contributed by atoms with Gasteiger partial charge in [0, 0.05) is 25.0 Å². The Balaban J connectivity index is 1.76. The van der Waals surface area contributed by atoms with Gasteiger partial charge in [-0.3, -0.25) is 9.69 Å². The molecule has 1 aliphatic heterocycles. The first-order chi connectivity index (χ1) is 11.7. The second kappa shape index (κ2) is 6.40. The highest BCUT2D eigenvalue weighted by Gasteiger charge is 2.50. The lowest BCUT2D eigenvalue weighted by Crippen LogP contribution is -2.47. The van der Waals surface area contributed by atoms with Crippen molar-refractivity contribution in [3.63, 3.8) is 0 Å². The molecule has 1 N–H and O–H groups in total. The van der Waals surface area contributed by atoms with Crippen LogP contribution in [0, 0.1) is 5.41 Å². The van der Waals surface area contributed by atoms with Gasteiger partial charge in [-0.05, 0) is 64.6 Å². The zero-order valence-corrected chi connectivity index (χ0v) is 16.1. The van der Waals surface area contributed by atoms with Crippen molar-refractivity contribution in [3.8, 4) is 0 Å². The summed E-state index contributed by atoms with van der Waals surface area (Å²) in [6.07, 6.45) is 4.92. The summed E-state index contributed by atoms with van der Waals surface area (Å²) in [6, 6.07) is 10.8. The molecule has 0 unspecified atom stereocenters. The number of benzene rings is 1. The molecule has 1 spiro atoms. The van der Waals surface area contributed by atoms with E-state index in [9.17, 15) is 9.90 Å². The van der Waals surface area contributed by atoms with Crippen LogP contribution in [0.5, 0.6) is 0 Å². The molecule has 4 heteroatoms. The van der Waals surface area contributed by atoms with Gasteiger partial charge in [-0.1, -0.05) is 30.3 Å². The Hall–Kier alpha value is -1.39. The number of carbonyl (C=O) groups excluding carboxylic acids is 1. The summed E-state index contributed by atoms with van der Waals surface area (Å²) in [7, 11) is 4.34. The van der Waals surface area contributed by atoms with Crippen LogP contribution in [0.1, 0.15) is 51.5 Å². The van der Waals surface area contributed by atoms with Crippen LogP contribution in [0.2, 0.25) is 0 Å². The maximum atomic E-state index is 12.5. The van der Waals surface area contributed by atoms with Gasteiger partial charge >= 0.3 is 0 Å². The van der Waals surface area contributed by atoms with E-state index in [0.717, 1.165) is 32.2 Å². The van der Waals surface area contributed by atoms with Crippen LogP contribution in [0.25, 0.3) is 0 Å². The molecule has 1 aliphatic carbocycles. The SMILES string of the molecule is CN(C)C1(c2ccccc2)CCC2(CC1)CC(=O)N(CC(C)(C)O)C2. The third kappa shape index (κ3) is 3.61. The average Bonchev–Trinajstić information content (AvgIpc) is 2.82. The number of amides is 1. The fourth-order valence-electron chi connectivity index (χ4n) is 4.86. The molecule has 0 bridgehead atoms. The van der Waals surface area contributed by atoms with Crippen molar-refractivity contribution in [2.24, 2.45) is 5.41 Å². The van der Waals surface area contributed by atoms with Gasteiger partial charge in [0.15, 0.2) is 0 Å². The van der Waals surface area contributed by atoms with Crippen LogP contribution in [0.15, 0.2) is 30.3 Å². The Bertz CT molecular complexity index is 611. The van der Waals surface area contributed by atoms with Crippen molar-refractivity contribution in [2.75, 3.05) is 27.2 Å². The van der Waals surface area contributed by atoms with Gasteiger partial charge in [0.05, 0.1) is 5.60 Å². The standard InChI is InChI=1S/C21H32N2O2/c1-19(2,25)15-23-16-20(14-18(23)24)10-12-21(13-11-20,22(3)4)17-8-6-5-7-9-17/h5-9,25H,10-16H2,1-4H3. The van der Waals surface area contributed by atoms with E-state index in [-0.39, 0.29) is 16.9 Å². The molecule has 1 aromatic rings. The summed E-state index contributed by atoms with van der Waals surface area (Å²) < 4.78 is 0. The van der Waals surface area contributed by atoms with Crippen LogP contribution >= 0.6 is 0 Å². The molecular weight excluding hydrogens is 312 g/mol. The van der Waals surface area contributed by atoms with Gasteiger partial charge < -0.3 is 10.0 Å². The normalized spacial score (nSPS) is 30.5. The highest BCUT2D eigenvalue weighted by atomic mass is 16.3. The fraction of sp³-hybridized carbons (Fsp3) is 0.667. The van der Waals surface area contributed by atoms with Gasteiger partial charge in [0.2, 0.25) is 5.91 Å². The molecule has 0 radical (unpaired) electrons. The lowest BCUT2D eigenvalue weighted by molar-refractivity contribution is -0.130. The topological polar surface area (TPSA) is 43.8 Å². The number of hydrogen-bond donors (Lipinski definition) is 1. The molecule has 1 aromatic carbocycles. The molecule has 25 heavy (non-hydrogen) atoms. The summed E-state index contributed by atoms with van der Waals surface area (Å²) in [4.78, 5) is 16.7. The zero-order chi connectivity index (χ0) is 18.3. The molecule has 4 nitrogen and oxygen atoms in total. The number of aliphatic hydroxyl groups is 1. The molecule has 1 amide bonds. The van der Waals surface area contributed by atoms with E-state index in [4.69, 9.17) is 0 Å². The van der Waals surface area contributed by atoms with Crippen LogP contribution in [0.4, 0.5) is 0 Å². The maximum absolute atomic E-state index is 12.5. The minimum absolute atomic E-state index is 0.0687. The second-order valence-electron chi connectivity index (χ2n) is 9.03. The zero-order valence-electron chi connectivity index (χ0n) is 16.1. The Morgan fingerprint density at radius 1 is 1.12 bits per heavy atom. The monoisotopic (exact) mass is 344 g/mol. The van der Waals surface area contributed by atoms with E-state index in [1.54, 1.807) is 13.8 Å². The third-order valence-electron chi connectivity index (χ3n) is 6.29. The number of nitrogens with zero attached hydrogens (tertiary/aromatic N) is 2. The maximum Gasteiger partial charge on any atom is 0.223 e. The highest BCUT2D eigenvalue weighted by Crippen LogP contribution is 2.52. The van der Waals surface area contributed by atoms with Crippen LogP contribution in [-0.4, -0.2) is 53.6 Å².